The molecule has 1 amide bonds. The zero-order valence-electron chi connectivity index (χ0n) is 19.6. The number of nitrogens with one attached hydrogen (secondary N) is 1. The maximum Gasteiger partial charge on any atom is 0.259 e. The molecule has 8 nitrogen and oxygen atoms in total. The Balaban J connectivity index is 1.65. The summed E-state index contributed by atoms with van der Waals surface area (Å²) in [6.07, 6.45) is 3.89. The van der Waals surface area contributed by atoms with E-state index in [1.165, 1.54) is 0 Å². The van der Waals surface area contributed by atoms with Gasteiger partial charge in [-0.2, -0.15) is 5.10 Å². The van der Waals surface area contributed by atoms with E-state index in [-0.39, 0.29) is 5.91 Å². The molecule has 2 aromatic heterocycles. The van der Waals surface area contributed by atoms with Gasteiger partial charge in [0.1, 0.15) is 11.4 Å². The fraction of sp³-hybridized carbons (Fsp3) is 0.308. The van der Waals surface area contributed by atoms with E-state index in [0.717, 1.165) is 48.5 Å². The van der Waals surface area contributed by atoms with Gasteiger partial charge in [-0.15, -0.1) is 0 Å². The molecular formula is C26H29N7O. The summed E-state index contributed by atoms with van der Waals surface area (Å²) in [7, 11) is 0. The van der Waals surface area contributed by atoms with Crippen molar-refractivity contribution in [2.75, 3.05) is 36.4 Å². The third-order valence-corrected chi connectivity index (χ3v) is 6.25. The van der Waals surface area contributed by atoms with Crippen LogP contribution in [-0.2, 0) is 0 Å². The maximum atomic E-state index is 13.4. The summed E-state index contributed by atoms with van der Waals surface area (Å²) >= 11 is 0. The van der Waals surface area contributed by atoms with Gasteiger partial charge in [-0.1, -0.05) is 30.3 Å². The summed E-state index contributed by atoms with van der Waals surface area (Å²) in [6.45, 7) is 7.09. The zero-order chi connectivity index (χ0) is 23.5. The topological polar surface area (TPSA) is 79.2 Å². The van der Waals surface area contributed by atoms with Gasteiger partial charge in [0.05, 0.1) is 22.9 Å². The van der Waals surface area contributed by atoms with Crippen molar-refractivity contribution in [1.82, 2.24) is 24.6 Å². The molecule has 2 aromatic carbocycles. The van der Waals surface area contributed by atoms with Crippen molar-refractivity contribution < 1.29 is 4.79 Å². The Morgan fingerprint density at radius 1 is 0.941 bits per heavy atom. The summed E-state index contributed by atoms with van der Waals surface area (Å²) in [6, 6.07) is 17.7. The summed E-state index contributed by atoms with van der Waals surface area (Å²) in [5.41, 5.74) is 3.02. The number of rotatable bonds is 7. The molecule has 1 N–H and O–H groups in total. The van der Waals surface area contributed by atoms with Crippen LogP contribution in [0.15, 0.2) is 60.8 Å². The minimum absolute atomic E-state index is 0.0637. The number of para-hydroxylation sites is 3. The third kappa shape index (κ3) is 4.07. The summed E-state index contributed by atoms with van der Waals surface area (Å²) < 4.78 is 1.77. The normalized spacial score (nSPS) is 13.4. The second-order valence-corrected chi connectivity index (χ2v) is 8.34. The van der Waals surface area contributed by atoms with Crippen molar-refractivity contribution in [3.05, 3.63) is 66.4 Å². The second kappa shape index (κ2) is 9.51. The van der Waals surface area contributed by atoms with Crippen LogP contribution in [0.2, 0.25) is 0 Å². The average Bonchev–Trinajstić information content (AvgIpc) is 3.55. The lowest BCUT2D eigenvalue weighted by molar-refractivity contribution is 0.0774. The number of hydrogen-bond donors (Lipinski definition) is 1. The second-order valence-electron chi connectivity index (χ2n) is 8.34. The number of carbonyl (C=O) groups is 1. The monoisotopic (exact) mass is 455 g/mol. The lowest BCUT2D eigenvalue weighted by Crippen LogP contribution is -2.30. The van der Waals surface area contributed by atoms with Crippen LogP contribution in [0.4, 0.5) is 17.5 Å². The van der Waals surface area contributed by atoms with Crippen LogP contribution in [0.25, 0.3) is 16.7 Å². The van der Waals surface area contributed by atoms with Gasteiger partial charge in [0.15, 0.2) is 11.6 Å². The molecule has 174 valence electrons. The van der Waals surface area contributed by atoms with Crippen LogP contribution in [0.5, 0.6) is 0 Å². The van der Waals surface area contributed by atoms with E-state index in [2.05, 4.69) is 15.3 Å². The number of fused-ring (bicyclic) bond motifs is 1. The number of benzene rings is 2. The smallest absolute Gasteiger partial charge is 0.259 e. The number of carbonyl (C=O) groups excluding carboxylic acids is 1. The number of nitrogens with zero attached hydrogens (tertiary/aromatic N) is 6. The number of anilines is 3. The largest absolute Gasteiger partial charge is 0.354 e. The predicted octanol–water partition coefficient (Wildman–Crippen LogP) is 4.64. The molecule has 0 aliphatic carbocycles. The average molecular weight is 456 g/mol. The highest BCUT2D eigenvalue weighted by molar-refractivity contribution is 6.00. The van der Waals surface area contributed by atoms with Gasteiger partial charge in [0.2, 0.25) is 0 Å². The molecule has 1 aliphatic heterocycles. The molecule has 3 heterocycles. The van der Waals surface area contributed by atoms with Crippen LogP contribution in [0, 0.1) is 0 Å². The van der Waals surface area contributed by atoms with Crippen LogP contribution in [0.3, 0.4) is 0 Å². The Morgan fingerprint density at radius 2 is 1.59 bits per heavy atom. The van der Waals surface area contributed by atoms with Gasteiger partial charge in [-0.25, -0.2) is 14.6 Å². The van der Waals surface area contributed by atoms with Crippen molar-refractivity contribution in [3.8, 4) is 5.69 Å². The van der Waals surface area contributed by atoms with E-state index in [9.17, 15) is 4.79 Å². The Hall–Kier alpha value is -3.94. The predicted molar refractivity (Wildman–Crippen MR) is 135 cm³/mol. The van der Waals surface area contributed by atoms with Gasteiger partial charge in [0.25, 0.3) is 5.91 Å². The first-order valence-corrected chi connectivity index (χ1v) is 11.9. The molecule has 1 fully saturated rings. The molecule has 0 saturated carbocycles. The molecule has 0 spiro atoms. The quantitative estimate of drug-likeness (QED) is 0.437. The van der Waals surface area contributed by atoms with E-state index in [1.807, 2.05) is 68.4 Å². The van der Waals surface area contributed by atoms with Crippen molar-refractivity contribution in [2.24, 2.45) is 0 Å². The molecule has 0 bridgehead atoms. The Kier molecular flexibility index (Phi) is 6.12. The van der Waals surface area contributed by atoms with Gasteiger partial charge in [-0.05, 0) is 51.0 Å². The fourth-order valence-corrected chi connectivity index (χ4v) is 4.41. The number of aromatic nitrogens is 4. The lowest BCUT2D eigenvalue weighted by Gasteiger charge is -2.22. The Bertz CT molecular complexity index is 1290. The molecule has 4 aromatic rings. The molecule has 34 heavy (non-hydrogen) atoms. The molecule has 1 saturated heterocycles. The van der Waals surface area contributed by atoms with Gasteiger partial charge in [0, 0.05) is 26.2 Å². The van der Waals surface area contributed by atoms with Gasteiger partial charge >= 0.3 is 0 Å². The van der Waals surface area contributed by atoms with Crippen molar-refractivity contribution >= 4 is 34.4 Å². The van der Waals surface area contributed by atoms with Gasteiger partial charge in [-0.3, -0.25) is 4.79 Å². The van der Waals surface area contributed by atoms with Crippen LogP contribution < -0.4 is 10.2 Å². The van der Waals surface area contributed by atoms with Crippen LogP contribution in [-0.4, -0.2) is 56.7 Å². The Morgan fingerprint density at radius 3 is 2.26 bits per heavy atom. The highest BCUT2D eigenvalue weighted by Gasteiger charge is 2.25. The lowest BCUT2D eigenvalue weighted by atomic mass is 10.2. The molecule has 8 heteroatoms. The first-order valence-electron chi connectivity index (χ1n) is 11.9. The minimum atomic E-state index is -0.0637. The molecule has 0 atom stereocenters. The van der Waals surface area contributed by atoms with E-state index in [4.69, 9.17) is 9.97 Å². The highest BCUT2D eigenvalue weighted by Crippen LogP contribution is 2.32. The van der Waals surface area contributed by atoms with Gasteiger partial charge < -0.3 is 15.1 Å². The molecular weight excluding hydrogens is 426 g/mol. The zero-order valence-corrected chi connectivity index (χ0v) is 19.6. The number of amides is 1. The molecule has 1 aliphatic rings. The van der Waals surface area contributed by atoms with E-state index in [1.54, 1.807) is 15.8 Å². The summed E-state index contributed by atoms with van der Waals surface area (Å²) in [5.74, 6) is 1.96. The third-order valence-electron chi connectivity index (χ3n) is 6.25. The highest BCUT2D eigenvalue weighted by atomic mass is 16.2. The van der Waals surface area contributed by atoms with Crippen molar-refractivity contribution in [1.29, 1.82) is 0 Å². The maximum absolute atomic E-state index is 13.4. The van der Waals surface area contributed by atoms with E-state index in [0.29, 0.717) is 30.3 Å². The SMILES string of the molecule is CCN(CC)C(=O)c1cnn(-c2ccccc2)c1Nc1nc2ccccc2nc1N1CCCC1. The van der Waals surface area contributed by atoms with Crippen molar-refractivity contribution in [3.63, 3.8) is 0 Å². The molecule has 0 radical (unpaired) electrons. The van der Waals surface area contributed by atoms with Crippen LogP contribution >= 0.6 is 0 Å². The number of hydrogen-bond acceptors (Lipinski definition) is 6. The van der Waals surface area contributed by atoms with E-state index < -0.39 is 0 Å². The fourth-order valence-electron chi connectivity index (χ4n) is 4.41. The standard InChI is InChI=1S/C26H29N7O/c1-3-31(4-2)26(34)20-18-27-33(19-12-6-5-7-13-19)24(20)30-23-25(32-16-10-11-17-32)29-22-15-9-8-14-21(22)28-23/h5-9,12-15,18H,3-4,10-11,16-17H2,1-2H3,(H,28,30). The van der Waals surface area contributed by atoms with Crippen molar-refractivity contribution in [2.45, 2.75) is 26.7 Å². The Labute approximate surface area is 199 Å². The summed E-state index contributed by atoms with van der Waals surface area (Å²) in [4.78, 5) is 27.4. The molecule has 0 unspecified atom stereocenters. The molecule has 5 rings (SSSR count). The van der Waals surface area contributed by atoms with E-state index >= 15 is 0 Å². The minimum Gasteiger partial charge on any atom is -0.354 e. The first kappa shape index (κ1) is 21.9. The first-order chi connectivity index (χ1) is 16.7. The summed E-state index contributed by atoms with van der Waals surface area (Å²) in [5, 5.41) is 8.07. The van der Waals surface area contributed by atoms with Crippen LogP contribution in [0.1, 0.15) is 37.0 Å².